The van der Waals surface area contributed by atoms with E-state index in [2.05, 4.69) is 20.8 Å². The lowest BCUT2D eigenvalue weighted by molar-refractivity contribution is 0.544. The van der Waals surface area contributed by atoms with Crippen molar-refractivity contribution in [2.45, 2.75) is 12.5 Å². The summed E-state index contributed by atoms with van der Waals surface area (Å²) < 4.78 is 1.58. The Labute approximate surface area is 99.8 Å². The Bertz CT molecular complexity index is 480. The number of hydrogen-bond acceptors (Lipinski definition) is 5. The predicted octanol–water partition coefficient (Wildman–Crippen LogP) is 0.496. The van der Waals surface area contributed by atoms with Crippen LogP contribution in [-0.4, -0.2) is 26.8 Å². The summed E-state index contributed by atoms with van der Waals surface area (Å²) >= 11 is 0. The molecule has 0 fully saturated rings. The molecular formula is C11H16N6. The van der Waals surface area contributed by atoms with Crippen molar-refractivity contribution >= 4 is 5.95 Å². The van der Waals surface area contributed by atoms with Crippen LogP contribution in [0.3, 0.4) is 0 Å². The molecule has 2 rings (SSSR count). The minimum atomic E-state index is -0.385. The van der Waals surface area contributed by atoms with E-state index in [4.69, 9.17) is 5.73 Å². The van der Waals surface area contributed by atoms with Crippen molar-refractivity contribution in [3.63, 3.8) is 0 Å². The van der Waals surface area contributed by atoms with Gasteiger partial charge in [-0.05, 0) is 22.9 Å². The Hall–Kier alpha value is -1.95. The molecule has 0 saturated carbocycles. The second-order valence-corrected chi connectivity index (χ2v) is 4.15. The van der Waals surface area contributed by atoms with Gasteiger partial charge in [0.05, 0.1) is 5.54 Å². The summed E-state index contributed by atoms with van der Waals surface area (Å²) in [5, 5.41) is 14.6. The first-order valence-electron chi connectivity index (χ1n) is 5.42. The van der Waals surface area contributed by atoms with Crippen molar-refractivity contribution in [2.24, 2.45) is 12.8 Å². The van der Waals surface area contributed by atoms with Gasteiger partial charge in [-0.1, -0.05) is 35.4 Å². The summed E-state index contributed by atoms with van der Waals surface area (Å²) in [4.78, 5) is 0. The molecule has 17 heavy (non-hydrogen) atoms. The van der Waals surface area contributed by atoms with Crippen molar-refractivity contribution in [3.8, 4) is 0 Å². The number of nitrogens with zero attached hydrogens (tertiary/aromatic N) is 4. The second kappa shape index (κ2) is 4.50. The highest BCUT2D eigenvalue weighted by Gasteiger charge is 2.26. The van der Waals surface area contributed by atoms with Crippen LogP contribution in [0.2, 0.25) is 0 Å². The molecule has 0 aliphatic rings. The van der Waals surface area contributed by atoms with E-state index in [1.165, 1.54) is 0 Å². The number of anilines is 1. The Balaban J connectivity index is 2.30. The number of nitrogens with one attached hydrogen (secondary N) is 1. The minimum Gasteiger partial charge on any atom is -0.343 e. The van der Waals surface area contributed by atoms with E-state index in [1.54, 1.807) is 11.7 Å². The molecule has 1 heterocycles. The molecule has 0 saturated heterocycles. The molecule has 1 atom stereocenters. The number of aromatic nitrogens is 4. The van der Waals surface area contributed by atoms with Gasteiger partial charge in [-0.3, -0.25) is 0 Å². The lowest BCUT2D eigenvalue weighted by Crippen LogP contribution is -2.40. The van der Waals surface area contributed by atoms with Crippen LogP contribution < -0.4 is 11.1 Å². The van der Waals surface area contributed by atoms with E-state index in [9.17, 15) is 0 Å². The summed E-state index contributed by atoms with van der Waals surface area (Å²) in [5.41, 5.74) is 6.58. The van der Waals surface area contributed by atoms with E-state index in [1.807, 2.05) is 37.3 Å². The van der Waals surface area contributed by atoms with E-state index in [-0.39, 0.29) is 5.54 Å². The predicted molar refractivity (Wildman–Crippen MR) is 65.3 cm³/mol. The SMILES string of the molecule is Cn1nnnc1NC(C)(CN)c1ccccc1. The minimum absolute atomic E-state index is 0.385. The number of hydrogen-bond donors (Lipinski definition) is 2. The van der Waals surface area contributed by atoms with Crippen LogP contribution in [0.4, 0.5) is 5.95 Å². The van der Waals surface area contributed by atoms with Crippen LogP contribution in [0.5, 0.6) is 0 Å². The average Bonchev–Trinajstić information content (AvgIpc) is 2.76. The van der Waals surface area contributed by atoms with Crippen LogP contribution in [0.1, 0.15) is 12.5 Å². The van der Waals surface area contributed by atoms with Crippen molar-refractivity contribution in [2.75, 3.05) is 11.9 Å². The Morgan fingerprint density at radius 3 is 2.59 bits per heavy atom. The van der Waals surface area contributed by atoms with Gasteiger partial charge in [0.2, 0.25) is 5.95 Å². The van der Waals surface area contributed by atoms with Gasteiger partial charge in [-0.25, -0.2) is 4.68 Å². The molecule has 2 aromatic rings. The van der Waals surface area contributed by atoms with Crippen molar-refractivity contribution in [1.29, 1.82) is 0 Å². The molecule has 0 aliphatic carbocycles. The zero-order valence-electron chi connectivity index (χ0n) is 9.96. The summed E-state index contributed by atoms with van der Waals surface area (Å²) in [6.45, 7) is 2.47. The molecule has 3 N–H and O–H groups in total. The quantitative estimate of drug-likeness (QED) is 0.802. The van der Waals surface area contributed by atoms with Gasteiger partial charge >= 0.3 is 0 Å². The summed E-state index contributed by atoms with van der Waals surface area (Å²) in [6, 6.07) is 10.0. The van der Waals surface area contributed by atoms with Gasteiger partial charge in [0.15, 0.2) is 0 Å². The molecule has 1 aromatic carbocycles. The summed E-state index contributed by atoms with van der Waals surface area (Å²) in [7, 11) is 1.78. The van der Waals surface area contributed by atoms with Gasteiger partial charge in [-0.15, -0.1) is 0 Å². The first-order valence-corrected chi connectivity index (χ1v) is 5.42. The number of tetrazole rings is 1. The van der Waals surface area contributed by atoms with Crippen LogP contribution in [0.25, 0.3) is 0 Å². The lowest BCUT2D eigenvalue weighted by Gasteiger charge is -2.29. The molecular weight excluding hydrogens is 216 g/mol. The first kappa shape index (κ1) is 11.5. The van der Waals surface area contributed by atoms with Crippen LogP contribution in [0.15, 0.2) is 30.3 Å². The topological polar surface area (TPSA) is 81.7 Å². The highest BCUT2D eigenvalue weighted by Crippen LogP contribution is 2.23. The Kier molecular flexibility index (Phi) is 3.06. The average molecular weight is 232 g/mol. The van der Waals surface area contributed by atoms with Crippen molar-refractivity contribution in [3.05, 3.63) is 35.9 Å². The lowest BCUT2D eigenvalue weighted by atomic mass is 9.92. The molecule has 1 aromatic heterocycles. The molecule has 1 unspecified atom stereocenters. The van der Waals surface area contributed by atoms with Crippen molar-refractivity contribution in [1.82, 2.24) is 20.2 Å². The molecule has 90 valence electrons. The molecule has 6 heteroatoms. The fourth-order valence-corrected chi connectivity index (χ4v) is 1.63. The van der Waals surface area contributed by atoms with E-state index >= 15 is 0 Å². The highest BCUT2D eigenvalue weighted by molar-refractivity contribution is 5.36. The van der Waals surface area contributed by atoms with Gasteiger partial charge in [0.25, 0.3) is 0 Å². The van der Waals surface area contributed by atoms with Gasteiger partial charge in [0.1, 0.15) is 0 Å². The standard InChI is InChI=1S/C11H16N6/c1-11(8-12,9-6-4-3-5-7-9)13-10-14-15-16-17(10)2/h3-7H,8,12H2,1-2H3,(H,13,14,16). The number of aryl methyl sites for hydroxylation is 1. The van der Waals surface area contributed by atoms with Gasteiger partial charge in [0, 0.05) is 13.6 Å². The van der Waals surface area contributed by atoms with E-state index < -0.39 is 0 Å². The molecule has 0 amide bonds. The molecule has 0 aliphatic heterocycles. The van der Waals surface area contributed by atoms with E-state index in [0.717, 1.165) is 5.56 Å². The van der Waals surface area contributed by atoms with Crippen LogP contribution in [0, 0.1) is 0 Å². The van der Waals surface area contributed by atoms with Crippen molar-refractivity contribution < 1.29 is 0 Å². The molecule has 0 radical (unpaired) electrons. The van der Waals surface area contributed by atoms with E-state index in [0.29, 0.717) is 12.5 Å². The summed E-state index contributed by atoms with van der Waals surface area (Å²) in [6.07, 6.45) is 0. The zero-order valence-corrected chi connectivity index (χ0v) is 9.96. The Morgan fingerprint density at radius 2 is 2.06 bits per heavy atom. The third-order valence-electron chi connectivity index (χ3n) is 2.83. The molecule has 0 bridgehead atoms. The fourth-order valence-electron chi connectivity index (χ4n) is 1.63. The number of benzene rings is 1. The normalized spacial score (nSPS) is 14.3. The zero-order chi connectivity index (χ0) is 12.3. The maximum atomic E-state index is 5.87. The number of rotatable bonds is 4. The Morgan fingerprint density at radius 1 is 1.35 bits per heavy atom. The van der Waals surface area contributed by atoms with Gasteiger partial charge in [-0.2, -0.15) is 0 Å². The number of nitrogens with two attached hydrogens (primary N) is 1. The highest BCUT2D eigenvalue weighted by atomic mass is 15.6. The smallest absolute Gasteiger partial charge is 0.243 e. The largest absolute Gasteiger partial charge is 0.343 e. The van der Waals surface area contributed by atoms with Crippen LogP contribution in [-0.2, 0) is 12.6 Å². The maximum Gasteiger partial charge on any atom is 0.243 e. The summed E-state index contributed by atoms with van der Waals surface area (Å²) in [5.74, 6) is 0.599. The second-order valence-electron chi connectivity index (χ2n) is 4.15. The maximum absolute atomic E-state index is 5.87. The molecule has 0 spiro atoms. The first-order chi connectivity index (χ1) is 8.15. The fraction of sp³-hybridized carbons (Fsp3) is 0.364. The van der Waals surface area contributed by atoms with Gasteiger partial charge < -0.3 is 11.1 Å². The molecule has 6 nitrogen and oxygen atoms in total. The monoisotopic (exact) mass is 232 g/mol. The van der Waals surface area contributed by atoms with Crippen LogP contribution >= 0.6 is 0 Å². The third-order valence-corrected chi connectivity index (χ3v) is 2.83. The third kappa shape index (κ3) is 2.26.